The van der Waals surface area contributed by atoms with Crippen molar-refractivity contribution in [2.45, 2.75) is 50.7 Å². The number of anilines is 1. The Hall–Kier alpha value is -2.51. The lowest BCUT2D eigenvalue weighted by Crippen LogP contribution is -2.63. The minimum Gasteiger partial charge on any atom is -0.464 e. The van der Waals surface area contributed by atoms with Gasteiger partial charge in [0.05, 0.1) is 37.4 Å². The maximum absolute atomic E-state index is 12.8. The molecule has 5 rings (SSSR count). The van der Waals surface area contributed by atoms with Crippen molar-refractivity contribution < 1.29 is 19.4 Å². The molecule has 0 spiro atoms. The van der Waals surface area contributed by atoms with E-state index in [2.05, 4.69) is 41.6 Å². The highest BCUT2D eigenvalue weighted by Crippen LogP contribution is 2.51. The minimum atomic E-state index is -0.750. The largest absolute Gasteiger partial charge is 0.464 e. The van der Waals surface area contributed by atoms with Crippen molar-refractivity contribution in [1.82, 2.24) is 4.90 Å². The Morgan fingerprint density at radius 3 is 2.78 bits per heavy atom. The van der Waals surface area contributed by atoms with E-state index in [1.807, 2.05) is 6.92 Å². The van der Waals surface area contributed by atoms with Crippen LogP contribution in [0, 0.1) is 11.8 Å². The molecule has 0 aliphatic carbocycles. The van der Waals surface area contributed by atoms with Gasteiger partial charge in [-0.25, -0.2) is 4.79 Å². The van der Waals surface area contributed by atoms with Crippen LogP contribution in [0.2, 0.25) is 0 Å². The molecule has 7 heteroatoms. The number of benzene rings is 2. The number of ether oxygens (including phenoxy) is 1. The summed E-state index contributed by atoms with van der Waals surface area (Å²) >= 11 is 1.68. The molecule has 3 aliphatic rings. The van der Waals surface area contributed by atoms with Gasteiger partial charge >= 0.3 is 5.97 Å². The molecule has 1 N–H and O–H groups in total. The number of methoxy groups -OCH3 is 1. The number of aliphatic hydroxyl groups is 1. The number of carbonyl (C=O) groups is 2. The van der Waals surface area contributed by atoms with Gasteiger partial charge < -0.3 is 19.0 Å². The first kappa shape index (κ1) is 21.3. The van der Waals surface area contributed by atoms with Gasteiger partial charge in [-0.15, -0.1) is 0 Å². The lowest BCUT2D eigenvalue weighted by Gasteiger charge is -2.46. The number of nitrogens with zero attached hydrogens (tertiary/aromatic N) is 2. The molecular weight excluding hydrogens is 424 g/mol. The zero-order valence-corrected chi connectivity index (χ0v) is 19.6. The van der Waals surface area contributed by atoms with Gasteiger partial charge in [0.1, 0.15) is 5.70 Å². The summed E-state index contributed by atoms with van der Waals surface area (Å²) in [4.78, 5) is 28.3. The van der Waals surface area contributed by atoms with Gasteiger partial charge in [0.2, 0.25) is 5.91 Å². The zero-order chi connectivity index (χ0) is 22.7. The van der Waals surface area contributed by atoms with Crippen LogP contribution >= 0.6 is 11.9 Å². The van der Waals surface area contributed by atoms with Crippen LogP contribution in [0.1, 0.15) is 32.8 Å². The van der Waals surface area contributed by atoms with Gasteiger partial charge in [0.25, 0.3) is 0 Å². The van der Waals surface area contributed by atoms with E-state index in [0.717, 1.165) is 24.1 Å². The number of carbonyl (C=O) groups excluding carboxylic acids is 2. The van der Waals surface area contributed by atoms with E-state index in [0.29, 0.717) is 12.2 Å². The Bertz CT molecular complexity index is 1160. The van der Waals surface area contributed by atoms with E-state index >= 15 is 0 Å². The Kier molecular flexibility index (Phi) is 5.21. The molecule has 0 radical (unpaired) electrons. The number of fused-ring (bicyclic) bond motifs is 1. The highest BCUT2D eigenvalue weighted by atomic mass is 32.2. The monoisotopic (exact) mass is 452 g/mol. The van der Waals surface area contributed by atoms with Crippen LogP contribution in [0.4, 0.5) is 5.69 Å². The average Bonchev–Trinajstić information content (AvgIpc) is 3.22. The summed E-state index contributed by atoms with van der Waals surface area (Å²) in [5.41, 5.74) is 3.70. The fourth-order valence-electron chi connectivity index (χ4n) is 5.52. The van der Waals surface area contributed by atoms with E-state index in [1.165, 1.54) is 28.3 Å². The molecule has 6 nitrogen and oxygen atoms in total. The number of aliphatic hydroxyl groups excluding tert-OH is 1. The number of hydrogen-bond donors (Lipinski definition) is 1. The first-order valence-corrected chi connectivity index (χ1v) is 12.0. The molecule has 3 aliphatic heterocycles. The fraction of sp³-hybridized carbons (Fsp3) is 0.440. The van der Waals surface area contributed by atoms with Crippen molar-refractivity contribution in [3.63, 3.8) is 0 Å². The first-order valence-electron chi connectivity index (χ1n) is 11.2. The first-order chi connectivity index (χ1) is 15.4. The second-order valence-electron chi connectivity index (χ2n) is 8.97. The molecule has 32 heavy (non-hydrogen) atoms. The maximum Gasteiger partial charge on any atom is 0.354 e. The summed E-state index contributed by atoms with van der Waals surface area (Å²) in [6.45, 7) is 6.38. The van der Waals surface area contributed by atoms with E-state index in [4.69, 9.17) is 4.74 Å². The van der Waals surface area contributed by atoms with E-state index < -0.39 is 18.0 Å². The summed E-state index contributed by atoms with van der Waals surface area (Å²) in [5.74, 6) is -1.21. The second kappa shape index (κ2) is 7.81. The standard InChI is InChI=1S/C25H28N2O4S/c1-5-7-15-10-16-8-6-9-19-21(16)18(11-15)26(32-19)12-17-13(2)22-20(14(3)28)24(29)27(22)23(17)25(30)31-4/h6,8-11,13-14,20,22,28H,5,7,12H2,1-4H3. The van der Waals surface area contributed by atoms with Crippen LogP contribution in [0.15, 0.2) is 46.5 Å². The number of hydrogen-bond acceptors (Lipinski definition) is 6. The van der Waals surface area contributed by atoms with Crippen LogP contribution in [-0.4, -0.2) is 47.7 Å². The minimum absolute atomic E-state index is 0.0416. The van der Waals surface area contributed by atoms with Crippen molar-refractivity contribution in [3.05, 3.63) is 47.2 Å². The highest BCUT2D eigenvalue weighted by Gasteiger charge is 2.60. The average molecular weight is 453 g/mol. The Labute approximate surface area is 192 Å². The quantitative estimate of drug-likeness (QED) is 0.407. The van der Waals surface area contributed by atoms with E-state index in [9.17, 15) is 14.7 Å². The van der Waals surface area contributed by atoms with Crippen molar-refractivity contribution in [1.29, 1.82) is 0 Å². The molecule has 2 aromatic carbocycles. The third kappa shape index (κ3) is 2.98. The molecule has 2 aromatic rings. The zero-order valence-electron chi connectivity index (χ0n) is 18.8. The SMILES string of the molecule is CCCc1cc2c3c(cccc3c1)SN2CC1=C(C(=O)OC)N2C(=O)C(C(C)O)C2C1C. The number of β-lactam (4-membered cyclic amide) rings is 1. The van der Waals surface area contributed by atoms with Gasteiger partial charge in [0, 0.05) is 16.2 Å². The lowest BCUT2D eigenvalue weighted by molar-refractivity contribution is -0.163. The Morgan fingerprint density at radius 2 is 2.09 bits per heavy atom. The van der Waals surface area contributed by atoms with Crippen molar-refractivity contribution in [2.75, 3.05) is 18.0 Å². The van der Waals surface area contributed by atoms with Crippen LogP contribution in [0.5, 0.6) is 0 Å². The molecule has 1 fully saturated rings. The maximum atomic E-state index is 12.8. The second-order valence-corrected chi connectivity index (χ2v) is 10.0. The van der Waals surface area contributed by atoms with Gasteiger partial charge in [-0.3, -0.25) is 4.79 Å². The molecule has 3 heterocycles. The molecule has 0 saturated carbocycles. The Balaban J connectivity index is 1.55. The van der Waals surface area contributed by atoms with Crippen LogP contribution < -0.4 is 4.31 Å². The highest BCUT2D eigenvalue weighted by molar-refractivity contribution is 8.01. The van der Waals surface area contributed by atoms with Crippen molar-refractivity contribution in [2.24, 2.45) is 11.8 Å². The van der Waals surface area contributed by atoms with E-state index in [1.54, 1.807) is 23.8 Å². The number of amides is 1. The molecule has 1 saturated heterocycles. The topological polar surface area (TPSA) is 70.1 Å². The van der Waals surface area contributed by atoms with Crippen molar-refractivity contribution >= 4 is 40.3 Å². The molecule has 0 bridgehead atoms. The fourth-order valence-corrected chi connectivity index (χ4v) is 6.65. The lowest BCUT2D eigenvalue weighted by atomic mass is 9.78. The van der Waals surface area contributed by atoms with Gasteiger partial charge in [-0.1, -0.05) is 38.5 Å². The van der Waals surface area contributed by atoms with Gasteiger partial charge in [-0.05, 0) is 53.9 Å². The number of rotatable bonds is 6. The molecule has 1 amide bonds. The number of aryl methyl sites for hydroxylation is 1. The van der Waals surface area contributed by atoms with Crippen LogP contribution in [0.3, 0.4) is 0 Å². The van der Waals surface area contributed by atoms with E-state index in [-0.39, 0.29) is 17.9 Å². The van der Waals surface area contributed by atoms with Crippen molar-refractivity contribution in [3.8, 4) is 0 Å². The molecule has 168 valence electrons. The summed E-state index contributed by atoms with van der Waals surface area (Å²) in [6, 6.07) is 10.7. The van der Waals surface area contributed by atoms with Crippen LogP contribution in [-0.2, 0) is 20.7 Å². The third-order valence-corrected chi connectivity index (χ3v) is 8.08. The van der Waals surface area contributed by atoms with Crippen LogP contribution in [0.25, 0.3) is 10.8 Å². The normalized spacial score (nSPS) is 24.8. The predicted octanol–water partition coefficient (Wildman–Crippen LogP) is 3.90. The predicted molar refractivity (Wildman–Crippen MR) is 125 cm³/mol. The summed E-state index contributed by atoms with van der Waals surface area (Å²) in [7, 11) is 1.35. The molecule has 4 unspecified atom stereocenters. The summed E-state index contributed by atoms with van der Waals surface area (Å²) in [5, 5.41) is 12.6. The smallest absolute Gasteiger partial charge is 0.354 e. The Morgan fingerprint density at radius 1 is 1.31 bits per heavy atom. The summed E-state index contributed by atoms with van der Waals surface area (Å²) in [6.07, 6.45) is 1.34. The number of esters is 1. The third-order valence-electron chi connectivity index (χ3n) is 7.00. The molecule has 0 aromatic heterocycles. The van der Waals surface area contributed by atoms with Gasteiger partial charge in [-0.2, -0.15) is 0 Å². The molecular formula is C25H28N2O4S. The molecule has 4 atom stereocenters. The van der Waals surface area contributed by atoms with Gasteiger partial charge in [0.15, 0.2) is 0 Å². The summed E-state index contributed by atoms with van der Waals surface area (Å²) < 4.78 is 7.30.